The normalized spacial score (nSPS) is 21.7. The molecule has 0 saturated heterocycles. The SMILES string of the molecule is CC1C/C(=N\Nc2ccc([N+](=O)[O-])cc2[N+](=O)[O-])C2=C1CCCC2. The highest BCUT2D eigenvalue weighted by atomic mass is 16.6. The number of anilines is 1. The highest BCUT2D eigenvalue weighted by Crippen LogP contribution is 2.39. The maximum Gasteiger partial charge on any atom is 0.301 e. The molecule has 0 bridgehead atoms. The van der Waals surface area contributed by atoms with Crippen molar-refractivity contribution in [2.24, 2.45) is 11.0 Å². The molecule has 8 nitrogen and oxygen atoms in total. The zero-order chi connectivity index (χ0) is 17.3. The van der Waals surface area contributed by atoms with Crippen LogP contribution in [-0.4, -0.2) is 15.6 Å². The minimum atomic E-state index is -0.652. The molecule has 0 radical (unpaired) electrons. The van der Waals surface area contributed by atoms with Crippen LogP contribution in [0, 0.1) is 26.1 Å². The van der Waals surface area contributed by atoms with Crippen LogP contribution in [0.4, 0.5) is 17.1 Å². The molecule has 0 amide bonds. The molecule has 8 heteroatoms. The molecule has 1 aromatic carbocycles. The van der Waals surface area contributed by atoms with Gasteiger partial charge in [0.1, 0.15) is 5.69 Å². The first kappa shape index (κ1) is 16.1. The van der Waals surface area contributed by atoms with Gasteiger partial charge in [0.25, 0.3) is 5.69 Å². The molecule has 1 unspecified atom stereocenters. The van der Waals surface area contributed by atoms with Gasteiger partial charge in [-0.15, -0.1) is 0 Å². The summed E-state index contributed by atoms with van der Waals surface area (Å²) in [5, 5.41) is 26.3. The summed E-state index contributed by atoms with van der Waals surface area (Å²) in [7, 11) is 0. The summed E-state index contributed by atoms with van der Waals surface area (Å²) < 4.78 is 0. The van der Waals surface area contributed by atoms with E-state index in [1.54, 1.807) is 0 Å². The Kier molecular flexibility index (Phi) is 4.28. The van der Waals surface area contributed by atoms with Crippen molar-refractivity contribution in [3.63, 3.8) is 0 Å². The summed E-state index contributed by atoms with van der Waals surface area (Å²) >= 11 is 0. The number of nitrogens with zero attached hydrogens (tertiary/aromatic N) is 3. The van der Waals surface area contributed by atoms with E-state index in [-0.39, 0.29) is 17.1 Å². The second-order valence-electron chi connectivity index (χ2n) is 6.20. The molecule has 2 aliphatic rings. The van der Waals surface area contributed by atoms with Gasteiger partial charge in [-0.2, -0.15) is 5.10 Å². The zero-order valence-electron chi connectivity index (χ0n) is 13.3. The zero-order valence-corrected chi connectivity index (χ0v) is 13.3. The van der Waals surface area contributed by atoms with E-state index >= 15 is 0 Å². The van der Waals surface area contributed by atoms with Crippen LogP contribution in [0.25, 0.3) is 0 Å². The van der Waals surface area contributed by atoms with Crippen molar-refractivity contribution in [3.05, 3.63) is 49.6 Å². The maximum atomic E-state index is 11.2. The van der Waals surface area contributed by atoms with Crippen molar-refractivity contribution < 1.29 is 9.85 Å². The highest BCUT2D eigenvalue weighted by Gasteiger charge is 2.29. The molecule has 1 aromatic rings. The van der Waals surface area contributed by atoms with Crippen LogP contribution >= 0.6 is 0 Å². The molecule has 0 saturated carbocycles. The Morgan fingerprint density at radius 3 is 2.62 bits per heavy atom. The second kappa shape index (κ2) is 6.38. The summed E-state index contributed by atoms with van der Waals surface area (Å²) in [6.45, 7) is 2.18. The van der Waals surface area contributed by atoms with Gasteiger partial charge in [-0.3, -0.25) is 25.7 Å². The number of nitro benzene ring substituents is 2. The number of hydrogen-bond acceptors (Lipinski definition) is 6. The van der Waals surface area contributed by atoms with E-state index in [9.17, 15) is 20.2 Å². The Hall–Kier alpha value is -2.77. The third-order valence-electron chi connectivity index (χ3n) is 4.65. The largest absolute Gasteiger partial charge is 0.301 e. The number of hydrogen-bond donors (Lipinski definition) is 1. The van der Waals surface area contributed by atoms with E-state index in [1.165, 1.54) is 29.7 Å². The summed E-state index contributed by atoms with van der Waals surface area (Å²) in [4.78, 5) is 20.6. The van der Waals surface area contributed by atoms with Crippen LogP contribution in [0.2, 0.25) is 0 Å². The molecule has 3 rings (SSSR count). The third kappa shape index (κ3) is 2.99. The molecule has 126 valence electrons. The fourth-order valence-electron chi connectivity index (χ4n) is 3.46. The average Bonchev–Trinajstić information content (AvgIpc) is 2.89. The van der Waals surface area contributed by atoms with Crippen molar-refractivity contribution in [2.75, 3.05) is 5.43 Å². The fraction of sp³-hybridized carbons (Fsp3) is 0.438. The molecule has 0 fully saturated rings. The van der Waals surface area contributed by atoms with E-state index in [4.69, 9.17) is 0 Å². The van der Waals surface area contributed by atoms with Crippen molar-refractivity contribution >= 4 is 22.8 Å². The Labute approximate surface area is 138 Å². The second-order valence-corrected chi connectivity index (χ2v) is 6.20. The molecule has 2 aliphatic carbocycles. The Balaban J connectivity index is 1.88. The van der Waals surface area contributed by atoms with Gasteiger partial charge in [0.2, 0.25) is 0 Å². The van der Waals surface area contributed by atoms with Gasteiger partial charge >= 0.3 is 5.69 Å². The molecule has 0 aliphatic heterocycles. The standard InChI is InChI=1S/C16H18N4O4/c1-10-8-15(13-5-3-2-4-12(10)13)18-17-14-7-6-11(19(21)22)9-16(14)20(23)24/h6-7,9-10,17H,2-5,8H2,1H3/b18-15+. The first-order valence-corrected chi connectivity index (χ1v) is 7.95. The van der Waals surface area contributed by atoms with Crippen LogP contribution in [0.3, 0.4) is 0 Å². The van der Waals surface area contributed by atoms with Gasteiger partial charge in [-0.05, 0) is 49.7 Å². The predicted molar refractivity (Wildman–Crippen MR) is 90.1 cm³/mol. The summed E-state index contributed by atoms with van der Waals surface area (Å²) in [6.07, 6.45) is 5.29. The minimum Gasteiger partial charge on any atom is -0.271 e. The number of nitro groups is 2. The van der Waals surface area contributed by atoms with Gasteiger partial charge in [-0.1, -0.05) is 12.5 Å². The van der Waals surface area contributed by atoms with E-state index in [1.807, 2.05) is 0 Å². The lowest BCUT2D eigenvalue weighted by molar-refractivity contribution is -0.393. The number of non-ortho nitro benzene ring substituents is 1. The average molecular weight is 330 g/mol. The van der Waals surface area contributed by atoms with Crippen molar-refractivity contribution in [3.8, 4) is 0 Å². The summed E-state index contributed by atoms with van der Waals surface area (Å²) in [5.74, 6) is 0.465. The van der Waals surface area contributed by atoms with Crippen molar-refractivity contribution in [2.45, 2.75) is 39.0 Å². The number of allylic oxidation sites excluding steroid dienone is 2. The Morgan fingerprint density at radius 1 is 1.17 bits per heavy atom. The molecule has 0 spiro atoms. The number of rotatable bonds is 4. The van der Waals surface area contributed by atoms with Crippen LogP contribution < -0.4 is 5.43 Å². The van der Waals surface area contributed by atoms with Crippen LogP contribution in [-0.2, 0) is 0 Å². The van der Waals surface area contributed by atoms with Gasteiger partial charge in [0.05, 0.1) is 21.6 Å². The lowest BCUT2D eigenvalue weighted by Gasteiger charge is -2.15. The van der Waals surface area contributed by atoms with Crippen LogP contribution in [0.5, 0.6) is 0 Å². The smallest absolute Gasteiger partial charge is 0.271 e. The third-order valence-corrected chi connectivity index (χ3v) is 4.65. The lowest BCUT2D eigenvalue weighted by Crippen LogP contribution is -2.05. The Morgan fingerprint density at radius 2 is 1.92 bits per heavy atom. The molecule has 0 aromatic heterocycles. The monoisotopic (exact) mass is 330 g/mol. The number of nitrogens with one attached hydrogen (secondary N) is 1. The van der Waals surface area contributed by atoms with E-state index in [0.717, 1.165) is 37.5 Å². The quantitative estimate of drug-likeness (QED) is 0.657. The minimum absolute atomic E-state index is 0.163. The highest BCUT2D eigenvalue weighted by molar-refractivity contribution is 6.04. The molecule has 24 heavy (non-hydrogen) atoms. The predicted octanol–water partition coefficient (Wildman–Crippen LogP) is 4.18. The number of hydrazone groups is 1. The molecular formula is C16H18N4O4. The maximum absolute atomic E-state index is 11.2. The molecule has 0 heterocycles. The fourth-order valence-corrected chi connectivity index (χ4v) is 3.46. The van der Waals surface area contributed by atoms with E-state index in [0.29, 0.717) is 5.92 Å². The van der Waals surface area contributed by atoms with Crippen molar-refractivity contribution in [1.82, 2.24) is 0 Å². The van der Waals surface area contributed by atoms with Crippen LogP contribution in [0.15, 0.2) is 34.4 Å². The molecular weight excluding hydrogens is 312 g/mol. The van der Waals surface area contributed by atoms with E-state index < -0.39 is 9.85 Å². The molecule has 1 N–H and O–H groups in total. The van der Waals surface area contributed by atoms with Crippen LogP contribution in [0.1, 0.15) is 39.0 Å². The van der Waals surface area contributed by atoms with Gasteiger partial charge in [0, 0.05) is 6.07 Å². The van der Waals surface area contributed by atoms with Gasteiger partial charge in [0.15, 0.2) is 0 Å². The first-order valence-electron chi connectivity index (χ1n) is 7.95. The Bertz CT molecular complexity index is 769. The topological polar surface area (TPSA) is 111 Å². The van der Waals surface area contributed by atoms with E-state index in [2.05, 4.69) is 17.5 Å². The molecule has 1 atom stereocenters. The lowest BCUT2D eigenvalue weighted by atomic mass is 9.90. The van der Waals surface area contributed by atoms with Crippen molar-refractivity contribution in [1.29, 1.82) is 0 Å². The number of benzene rings is 1. The van der Waals surface area contributed by atoms with Gasteiger partial charge < -0.3 is 0 Å². The summed E-state index contributed by atoms with van der Waals surface area (Å²) in [5.41, 5.74) is 5.94. The summed E-state index contributed by atoms with van der Waals surface area (Å²) in [6, 6.07) is 3.51. The van der Waals surface area contributed by atoms with Gasteiger partial charge in [-0.25, -0.2) is 0 Å². The first-order chi connectivity index (χ1) is 11.5.